The minimum Gasteiger partial charge on any atom is -0.390 e. The van der Waals surface area contributed by atoms with E-state index in [0.29, 0.717) is 43.2 Å². The molecule has 0 amide bonds. The summed E-state index contributed by atoms with van der Waals surface area (Å²) in [5.41, 5.74) is -5.14. The highest BCUT2D eigenvalue weighted by molar-refractivity contribution is 5.75. The second-order valence-corrected chi connectivity index (χ2v) is 9.32. The fourth-order valence-electron chi connectivity index (χ4n) is 6.37. The Bertz CT molecular complexity index is 870. The number of hydrogen-bond donors (Lipinski definition) is 2. The van der Waals surface area contributed by atoms with Crippen LogP contribution < -0.4 is 5.32 Å². The Labute approximate surface area is 169 Å². The number of aliphatic hydroxyl groups is 1. The third-order valence-corrected chi connectivity index (χ3v) is 7.17. The number of nitrogens with one attached hydrogen (secondary N) is 1. The normalized spacial score (nSPS) is 33.4. The van der Waals surface area contributed by atoms with Crippen LogP contribution in [0.2, 0.25) is 0 Å². The number of benzene rings is 1. The zero-order valence-electron chi connectivity index (χ0n) is 16.2. The lowest BCUT2D eigenvalue weighted by molar-refractivity contribution is -0.392. The average molecular weight is 429 g/mol. The summed E-state index contributed by atoms with van der Waals surface area (Å²) in [6.45, 7) is 1.74. The van der Waals surface area contributed by atoms with Gasteiger partial charge in [-0.2, -0.15) is 13.2 Å². The first-order chi connectivity index (χ1) is 13.8. The Balaban J connectivity index is 1.74. The van der Waals surface area contributed by atoms with Crippen LogP contribution in [0, 0.1) is 37.5 Å². The van der Waals surface area contributed by atoms with Crippen molar-refractivity contribution in [3.05, 3.63) is 37.9 Å². The molecule has 0 heterocycles. The highest BCUT2D eigenvalue weighted by atomic mass is 19.4. The van der Waals surface area contributed by atoms with Gasteiger partial charge in [-0.3, -0.25) is 20.2 Å². The molecule has 2 N–H and O–H groups in total. The molecule has 4 fully saturated rings. The van der Waals surface area contributed by atoms with E-state index in [1.165, 1.54) is 0 Å². The van der Waals surface area contributed by atoms with E-state index < -0.39 is 55.7 Å². The van der Waals surface area contributed by atoms with Crippen molar-refractivity contribution in [2.45, 2.75) is 63.3 Å². The van der Waals surface area contributed by atoms with Crippen LogP contribution in [0.15, 0.2) is 12.1 Å². The fraction of sp³-hybridized carbons (Fsp3) is 0.684. The van der Waals surface area contributed by atoms with Crippen molar-refractivity contribution < 1.29 is 28.1 Å². The van der Waals surface area contributed by atoms with Gasteiger partial charge in [-0.1, -0.05) is 0 Å². The maximum absolute atomic E-state index is 13.1. The molecule has 8 nitrogen and oxygen atoms in total. The number of nitrogens with zero attached hydrogens (tertiary/aromatic N) is 2. The van der Waals surface area contributed by atoms with Crippen molar-refractivity contribution in [1.29, 1.82) is 0 Å². The Morgan fingerprint density at radius 1 is 1.10 bits per heavy atom. The van der Waals surface area contributed by atoms with Crippen LogP contribution in [0.1, 0.15) is 51.0 Å². The highest BCUT2D eigenvalue weighted by Gasteiger charge is 2.59. The molecule has 4 saturated carbocycles. The molecule has 4 aliphatic carbocycles. The molecule has 164 valence electrons. The van der Waals surface area contributed by atoms with Gasteiger partial charge in [0.25, 0.3) is 11.4 Å². The summed E-state index contributed by atoms with van der Waals surface area (Å²) in [6, 6.07) is 0.161. The zero-order chi connectivity index (χ0) is 22.1. The quantitative estimate of drug-likeness (QED) is 0.519. The fourth-order valence-corrected chi connectivity index (χ4v) is 6.37. The van der Waals surface area contributed by atoms with Crippen molar-refractivity contribution in [2.75, 3.05) is 5.32 Å². The van der Waals surface area contributed by atoms with Gasteiger partial charge in [0.05, 0.1) is 21.0 Å². The number of nitro groups is 2. The topological polar surface area (TPSA) is 119 Å². The summed E-state index contributed by atoms with van der Waals surface area (Å²) >= 11 is 0. The van der Waals surface area contributed by atoms with Crippen molar-refractivity contribution >= 4 is 17.1 Å². The van der Waals surface area contributed by atoms with Crippen molar-refractivity contribution in [1.82, 2.24) is 0 Å². The minimum absolute atomic E-state index is 0.318. The first-order valence-electron chi connectivity index (χ1n) is 9.85. The number of hydrogen-bond acceptors (Lipinski definition) is 6. The van der Waals surface area contributed by atoms with Crippen LogP contribution in [-0.4, -0.2) is 26.6 Å². The lowest BCUT2D eigenvalue weighted by Crippen LogP contribution is -2.60. The van der Waals surface area contributed by atoms with Crippen molar-refractivity contribution in [2.24, 2.45) is 17.3 Å². The van der Waals surface area contributed by atoms with Gasteiger partial charge >= 0.3 is 6.18 Å². The lowest BCUT2D eigenvalue weighted by atomic mass is 9.46. The molecule has 0 aromatic heterocycles. The number of rotatable bonds is 5. The van der Waals surface area contributed by atoms with Gasteiger partial charge in [0.15, 0.2) is 5.69 Å². The molecular weight excluding hydrogens is 407 g/mol. The third-order valence-electron chi connectivity index (χ3n) is 7.17. The second-order valence-electron chi connectivity index (χ2n) is 9.32. The molecule has 11 heteroatoms. The van der Waals surface area contributed by atoms with E-state index in [0.717, 1.165) is 19.3 Å². The molecule has 5 rings (SSSR count). The van der Waals surface area contributed by atoms with Crippen molar-refractivity contribution in [3.8, 4) is 0 Å². The van der Waals surface area contributed by atoms with Crippen LogP contribution in [0.5, 0.6) is 0 Å². The lowest BCUT2D eigenvalue weighted by Gasteiger charge is -2.62. The van der Waals surface area contributed by atoms with E-state index in [2.05, 4.69) is 5.32 Å². The van der Waals surface area contributed by atoms with Crippen LogP contribution in [-0.2, 0) is 6.18 Å². The Morgan fingerprint density at radius 3 is 2.00 bits per heavy atom. The van der Waals surface area contributed by atoms with Gasteiger partial charge in [-0.05, 0) is 62.7 Å². The Kier molecular flexibility index (Phi) is 4.53. The molecule has 0 unspecified atom stereocenters. The summed E-state index contributed by atoms with van der Waals surface area (Å²) in [6.07, 6.45) is -0.495. The van der Waals surface area contributed by atoms with Crippen LogP contribution in [0.25, 0.3) is 0 Å². The van der Waals surface area contributed by atoms with Crippen molar-refractivity contribution in [3.63, 3.8) is 0 Å². The van der Waals surface area contributed by atoms with E-state index in [4.69, 9.17) is 0 Å². The highest BCUT2D eigenvalue weighted by Crippen LogP contribution is 2.63. The van der Waals surface area contributed by atoms with E-state index in [1.54, 1.807) is 6.92 Å². The van der Waals surface area contributed by atoms with Gasteiger partial charge in [0, 0.05) is 18.2 Å². The van der Waals surface area contributed by atoms with Gasteiger partial charge in [0.1, 0.15) is 0 Å². The average Bonchev–Trinajstić information content (AvgIpc) is 2.58. The molecule has 1 aromatic rings. The first-order valence-corrected chi connectivity index (χ1v) is 9.85. The molecule has 0 spiro atoms. The summed E-state index contributed by atoms with van der Waals surface area (Å²) < 4.78 is 39.4. The number of halogens is 3. The van der Waals surface area contributed by atoms with E-state index in [-0.39, 0.29) is 0 Å². The van der Waals surface area contributed by atoms with E-state index >= 15 is 0 Å². The molecule has 3 atom stereocenters. The maximum Gasteiger partial charge on any atom is 0.416 e. The predicted octanol–water partition coefficient (Wildman–Crippen LogP) is 4.65. The SMILES string of the molecule is C[C@@H](Nc1c([N+](=O)[O-])cc(C(F)(F)F)cc1[N+](=O)[O-])C12C[C@H]3C[C@@H](CC(O)(C3)C1)C2. The predicted molar refractivity (Wildman–Crippen MR) is 99.9 cm³/mol. The summed E-state index contributed by atoms with van der Waals surface area (Å²) in [5, 5.41) is 36.7. The standard InChI is InChI=1S/C19H22F3N3O5/c1-10(17-5-11-2-12(6-17)8-18(26,7-11)9-17)23-16-14(24(27)28)3-13(19(20,21)22)4-15(16)25(29)30/h3-4,10-12,23,26H,2,5-9H2,1H3/t10-,11-,12-,17?,18?/m1/s1. The number of alkyl halides is 3. The number of anilines is 1. The number of nitro benzene ring substituents is 2. The van der Waals surface area contributed by atoms with Gasteiger partial charge in [0.2, 0.25) is 0 Å². The second kappa shape index (κ2) is 6.53. The van der Waals surface area contributed by atoms with Crippen LogP contribution >= 0.6 is 0 Å². The molecule has 0 radical (unpaired) electrons. The summed E-state index contributed by atoms with van der Waals surface area (Å²) in [4.78, 5) is 20.9. The molecule has 4 bridgehead atoms. The minimum atomic E-state index is -4.96. The third kappa shape index (κ3) is 3.38. The molecule has 0 aliphatic heterocycles. The van der Waals surface area contributed by atoms with Crippen LogP contribution in [0.4, 0.5) is 30.2 Å². The smallest absolute Gasteiger partial charge is 0.390 e. The van der Waals surface area contributed by atoms with Gasteiger partial charge in [-0.15, -0.1) is 0 Å². The Morgan fingerprint density at radius 2 is 1.60 bits per heavy atom. The molecule has 1 aromatic carbocycles. The molecule has 4 aliphatic rings. The first kappa shape index (κ1) is 20.8. The Hall–Kier alpha value is -2.43. The molecule has 0 saturated heterocycles. The largest absolute Gasteiger partial charge is 0.416 e. The maximum atomic E-state index is 13.1. The summed E-state index contributed by atoms with van der Waals surface area (Å²) in [7, 11) is 0. The van der Waals surface area contributed by atoms with E-state index in [1.807, 2.05) is 0 Å². The monoisotopic (exact) mass is 429 g/mol. The van der Waals surface area contributed by atoms with Gasteiger partial charge in [-0.25, -0.2) is 0 Å². The van der Waals surface area contributed by atoms with E-state index in [9.17, 15) is 38.5 Å². The van der Waals surface area contributed by atoms with Gasteiger partial charge < -0.3 is 10.4 Å². The molecule has 30 heavy (non-hydrogen) atoms. The zero-order valence-corrected chi connectivity index (χ0v) is 16.2. The van der Waals surface area contributed by atoms with Crippen LogP contribution in [0.3, 0.4) is 0 Å². The summed E-state index contributed by atoms with van der Waals surface area (Å²) in [5.74, 6) is 0.635. The molecular formula is C19H22F3N3O5.